The third kappa shape index (κ3) is 2.87. The molecule has 0 saturated carbocycles. The van der Waals surface area contributed by atoms with Gasteiger partial charge in [-0.1, -0.05) is 30.3 Å². The first kappa shape index (κ1) is 10.8. The summed E-state index contributed by atoms with van der Waals surface area (Å²) in [5.74, 6) is -0.704. The summed E-state index contributed by atoms with van der Waals surface area (Å²) in [6, 6.07) is 9.43. The van der Waals surface area contributed by atoms with Crippen molar-refractivity contribution in [2.75, 3.05) is 0 Å². The van der Waals surface area contributed by atoms with Gasteiger partial charge in [-0.15, -0.1) is 0 Å². The minimum absolute atomic E-state index is 0.0875. The van der Waals surface area contributed by atoms with Crippen LogP contribution in [-0.2, 0) is 9.53 Å². The lowest BCUT2D eigenvalue weighted by Gasteiger charge is -2.13. The molecule has 0 unspecified atom stereocenters. The van der Waals surface area contributed by atoms with Crippen LogP contribution in [0, 0.1) is 6.92 Å². The van der Waals surface area contributed by atoms with Crippen LogP contribution < -0.4 is 0 Å². The number of ether oxygens (including phenoxy) is 1. The molecule has 1 aromatic carbocycles. The van der Waals surface area contributed by atoms with E-state index in [0.29, 0.717) is 0 Å². The molecular formula is C12H15O2. The van der Waals surface area contributed by atoms with Crippen LogP contribution in [0.3, 0.4) is 0 Å². The highest BCUT2D eigenvalue weighted by Gasteiger charge is 2.17. The summed E-state index contributed by atoms with van der Waals surface area (Å²) >= 11 is 0. The summed E-state index contributed by atoms with van der Waals surface area (Å²) in [4.78, 5) is 11.5. The maximum absolute atomic E-state index is 11.5. The van der Waals surface area contributed by atoms with E-state index in [1.807, 2.05) is 44.2 Å². The Morgan fingerprint density at radius 2 is 1.86 bits per heavy atom. The van der Waals surface area contributed by atoms with E-state index in [1.165, 1.54) is 0 Å². The molecule has 0 fully saturated rings. The van der Waals surface area contributed by atoms with Gasteiger partial charge >= 0.3 is 5.97 Å². The summed E-state index contributed by atoms with van der Waals surface area (Å²) in [6.45, 7) is 7.44. The highest BCUT2D eigenvalue weighted by Crippen LogP contribution is 2.16. The Hall–Kier alpha value is -1.31. The van der Waals surface area contributed by atoms with Gasteiger partial charge < -0.3 is 4.74 Å². The van der Waals surface area contributed by atoms with Gasteiger partial charge in [-0.3, -0.25) is 4.79 Å². The molecule has 0 heterocycles. The van der Waals surface area contributed by atoms with E-state index in [9.17, 15) is 4.79 Å². The monoisotopic (exact) mass is 191 g/mol. The van der Waals surface area contributed by atoms with Crippen LogP contribution >= 0.6 is 0 Å². The molecule has 1 aromatic rings. The van der Waals surface area contributed by atoms with Gasteiger partial charge in [0.25, 0.3) is 0 Å². The van der Waals surface area contributed by atoms with Gasteiger partial charge in [0.1, 0.15) is 0 Å². The molecule has 75 valence electrons. The zero-order valence-electron chi connectivity index (χ0n) is 8.57. The van der Waals surface area contributed by atoms with Crippen molar-refractivity contribution in [3.05, 3.63) is 42.8 Å². The topological polar surface area (TPSA) is 26.3 Å². The van der Waals surface area contributed by atoms with Crippen molar-refractivity contribution >= 4 is 5.97 Å². The second-order valence-electron chi connectivity index (χ2n) is 3.45. The minimum Gasteiger partial charge on any atom is -0.463 e. The SMILES string of the molecule is [CH2][C@@H](C(=O)OC(C)C)c1ccccc1. The third-order valence-electron chi connectivity index (χ3n) is 1.84. The van der Waals surface area contributed by atoms with Crippen LogP contribution in [0.4, 0.5) is 0 Å². The summed E-state index contributed by atoms with van der Waals surface area (Å²) in [5.41, 5.74) is 0.887. The van der Waals surface area contributed by atoms with E-state index in [-0.39, 0.29) is 12.1 Å². The fourth-order valence-electron chi connectivity index (χ4n) is 1.14. The normalized spacial score (nSPS) is 12.6. The largest absolute Gasteiger partial charge is 0.463 e. The number of hydrogen-bond acceptors (Lipinski definition) is 2. The Kier molecular flexibility index (Phi) is 3.69. The third-order valence-corrected chi connectivity index (χ3v) is 1.84. The predicted molar refractivity (Wildman–Crippen MR) is 55.8 cm³/mol. The molecule has 0 amide bonds. The van der Waals surface area contributed by atoms with Crippen LogP contribution in [0.2, 0.25) is 0 Å². The van der Waals surface area contributed by atoms with Gasteiger partial charge in [-0.05, 0) is 26.3 Å². The average Bonchev–Trinajstić information content (AvgIpc) is 2.17. The smallest absolute Gasteiger partial charge is 0.313 e. The van der Waals surface area contributed by atoms with Crippen LogP contribution in [0.25, 0.3) is 0 Å². The average molecular weight is 191 g/mol. The van der Waals surface area contributed by atoms with Crippen LogP contribution in [0.1, 0.15) is 25.3 Å². The fourth-order valence-corrected chi connectivity index (χ4v) is 1.14. The van der Waals surface area contributed by atoms with E-state index < -0.39 is 5.92 Å². The maximum atomic E-state index is 11.5. The van der Waals surface area contributed by atoms with Crippen LogP contribution in [0.5, 0.6) is 0 Å². The molecule has 0 N–H and O–H groups in total. The molecule has 14 heavy (non-hydrogen) atoms. The summed E-state index contributed by atoms with van der Waals surface area (Å²) in [6.07, 6.45) is -0.0875. The predicted octanol–water partition coefficient (Wildman–Crippen LogP) is 2.56. The van der Waals surface area contributed by atoms with E-state index in [0.717, 1.165) is 5.56 Å². The second-order valence-corrected chi connectivity index (χ2v) is 3.45. The molecule has 1 rings (SSSR count). The van der Waals surface area contributed by atoms with E-state index in [4.69, 9.17) is 4.74 Å². The molecule has 0 aliphatic heterocycles. The Balaban J connectivity index is 2.66. The quantitative estimate of drug-likeness (QED) is 0.686. The van der Waals surface area contributed by atoms with Gasteiger partial charge in [-0.25, -0.2) is 0 Å². The fraction of sp³-hybridized carbons (Fsp3) is 0.333. The van der Waals surface area contributed by atoms with Crippen molar-refractivity contribution in [1.82, 2.24) is 0 Å². The number of carbonyl (C=O) groups is 1. The lowest BCUT2D eigenvalue weighted by Crippen LogP contribution is -2.17. The molecule has 1 atom stereocenters. The second kappa shape index (κ2) is 4.80. The first-order chi connectivity index (χ1) is 6.61. The van der Waals surface area contributed by atoms with Gasteiger partial charge in [0, 0.05) is 0 Å². The van der Waals surface area contributed by atoms with Gasteiger partial charge in [0.05, 0.1) is 12.0 Å². The van der Waals surface area contributed by atoms with E-state index in [1.54, 1.807) is 0 Å². The Morgan fingerprint density at radius 1 is 1.29 bits per heavy atom. The zero-order valence-corrected chi connectivity index (χ0v) is 8.57. The van der Waals surface area contributed by atoms with Gasteiger partial charge in [0.2, 0.25) is 0 Å². The number of benzene rings is 1. The molecular weight excluding hydrogens is 176 g/mol. The van der Waals surface area contributed by atoms with Crippen molar-refractivity contribution < 1.29 is 9.53 Å². The maximum Gasteiger partial charge on any atom is 0.313 e. The molecule has 0 aliphatic rings. The highest BCUT2D eigenvalue weighted by atomic mass is 16.5. The minimum atomic E-state index is -0.432. The molecule has 1 radical (unpaired) electrons. The van der Waals surface area contributed by atoms with E-state index in [2.05, 4.69) is 6.92 Å². The Morgan fingerprint density at radius 3 is 2.36 bits per heavy atom. The highest BCUT2D eigenvalue weighted by molar-refractivity contribution is 5.79. The van der Waals surface area contributed by atoms with Gasteiger partial charge in [0.15, 0.2) is 0 Å². The summed E-state index contributed by atoms with van der Waals surface area (Å²) in [7, 11) is 0. The Labute approximate surface area is 84.9 Å². The number of esters is 1. The van der Waals surface area contributed by atoms with E-state index >= 15 is 0 Å². The molecule has 0 aliphatic carbocycles. The lowest BCUT2D eigenvalue weighted by atomic mass is 10.0. The zero-order chi connectivity index (χ0) is 10.6. The van der Waals surface area contributed by atoms with Crippen molar-refractivity contribution in [2.24, 2.45) is 0 Å². The van der Waals surface area contributed by atoms with Crippen LogP contribution in [-0.4, -0.2) is 12.1 Å². The standard InChI is InChI=1S/C12H15O2/c1-9(2)14-12(13)10(3)11-7-5-4-6-8-11/h4-10H,3H2,1-2H3/t10-/m1/s1. The molecule has 2 heteroatoms. The molecule has 0 spiro atoms. The number of rotatable bonds is 3. The first-order valence-electron chi connectivity index (χ1n) is 4.69. The molecule has 0 aromatic heterocycles. The summed E-state index contributed by atoms with van der Waals surface area (Å²) < 4.78 is 5.06. The molecule has 0 bridgehead atoms. The van der Waals surface area contributed by atoms with Crippen molar-refractivity contribution in [1.29, 1.82) is 0 Å². The van der Waals surface area contributed by atoms with Crippen molar-refractivity contribution in [2.45, 2.75) is 25.9 Å². The van der Waals surface area contributed by atoms with Crippen LogP contribution in [0.15, 0.2) is 30.3 Å². The lowest BCUT2D eigenvalue weighted by molar-refractivity contribution is -0.148. The van der Waals surface area contributed by atoms with Crippen molar-refractivity contribution in [3.63, 3.8) is 0 Å². The number of carbonyl (C=O) groups excluding carboxylic acids is 1. The Bertz CT molecular complexity index is 290. The molecule has 2 nitrogen and oxygen atoms in total. The van der Waals surface area contributed by atoms with Gasteiger partial charge in [-0.2, -0.15) is 0 Å². The summed E-state index contributed by atoms with van der Waals surface area (Å²) in [5, 5.41) is 0. The van der Waals surface area contributed by atoms with Crippen molar-refractivity contribution in [3.8, 4) is 0 Å². The number of hydrogen-bond donors (Lipinski definition) is 0. The molecule has 0 saturated heterocycles. The first-order valence-corrected chi connectivity index (χ1v) is 4.69.